The Balaban J connectivity index is 1.49. The van der Waals surface area contributed by atoms with Crippen LogP contribution in [0, 0.1) is 21.4 Å². The lowest BCUT2D eigenvalue weighted by Crippen LogP contribution is -2.41. The summed E-state index contributed by atoms with van der Waals surface area (Å²) in [4.78, 5) is 17.5. The molecular weight excluding hydrogens is 366 g/mol. The minimum atomic E-state index is -0.467. The van der Waals surface area contributed by atoms with Crippen LogP contribution in [0.5, 0.6) is 0 Å². The zero-order chi connectivity index (χ0) is 20.4. The molecule has 0 saturated heterocycles. The molecule has 1 aliphatic heterocycles. The van der Waals surface area contributed by atoms with Gasteiger partial charge in [-0.1, -0.05) is 24.3 Å². The summed E-state index contributed by atoms with van der Waals surface area (Å²) in [6, 6.07) is 17.0. The molecule has 2 aromatic carbocycles. The van der Waals surface area contributed by atoms with Gasteiger partial charge in [-0.05, 0) is 36.6 Å². The van der Waals surface area contributed by atoms with Crippen LogP contribution < -0.4 is 5.32 Å². The number of hydrogen-bond donors (Lipinski definition) is 1. The fourth-order valence-electron chi connectivity index (χ4n) is 3.79. The summed E-state index contributed by atoms with van der Waals surface area (Å²) < 4.78 is 0. The van der Waals surface area contributed by atoms with E-state index in [0.717, 1.165) is 19.5 Å². The molecule has 29 heavy (non-hydrogen) atoms. The molecule has 146 valence electrons. The Kier molecular flexibility index (Phi) is 5.10. The Morgan fingerprint density at radius 3 is 2.83 bits per heavy atom. The van der Waals surface area contributed by atoms with Crippen LogP contribution in [0.4, 0.5) is 11.5 Å². The Hall–Kier alpha value is -3.50. The first-order chi connectivity index (χ1) is 14.0. The average Bonchev–Trinajstić information content (AvgIpc) is 2.76. The third-order valence-electron chi connectivity index (χ3n) is 5.49. The van der Waals surface area contributed by atoms with Gasteiger partial charge < -0.3 is 5.32 Å². The molecule has 0 bridgehead atoms. The average molecular weight is 387 g/mol. The number of hydrogen-bond acceptors (Lipinski definition) is 6. The zero-order valence-electron chi connectivity index (χ0n) is 16.1. The number of pyridine rings is 1. The van der Waals surface area contributed by atoms with E-state index in [2.05, 4.69) is 52.5 Å². The minimum Gasteiger partial charge on any atom is -0.368 e. The van der Waals surface area contributed by atoms with Crippen molar-refractivity contribution < 1.29 is 4.92 Å². The van der Waals surface area contributed by atoms with Gasteiger partial charge in [0.1, 0.15) is 5.82 Å². The first kappa shape index (κ1) is 18.8. The molecule has 0 amide bonds. The topological polar surface area (TPSA) is 95.1 Å². The van der Waals surface area contributed by atoms with Crippen LogP contribution in [0.1, 0.15) is 23.6 Å². The van der Waals surface area contributed by atoms with Gasteiger partial charge in [-0.25, -0.2) is 4.98 Å². The molecule has 0 radical (unpaired) electrons. The predicted octanol–water partition coefficient (Wildman–Crippen LogP) is 3.87. The standard InChI is InChI=1S/C22H21N5O2/c1-15(26-9-8-16-4-2-3-5-17(16)14-26)13-24-22-10-18(12-23)20-11-19(27(28)29)6-7-21(20)25-22/h2-7,10-11,15H,8-9,13-14H2,1H3,(H,24,25). The summed E-state index contributed by atoms with van der Waals surface area (Å²) in [5.41, 5.74) is 3.70. The summed E-state index contributed by atoms with van der Waals surface area (Å²) in [5, 5.41) is 24.3. The van der Waals surface area contributed by atoms with Gasteiger partial charge in [0.15, 0.2) is 0 Å². The van der Waals surface area contributed by atoms with Crippen LogP contribution >= 0.6 is 0 Å². The number of nitro groups is 1. The molecule has 0 saturated carbocycles. The Morgan fingerprint density at radius 1 is 1.28 bits per heavy atom. The normalized spacial score (nSPS) is 14.8. The van der Waals surface area contributed by atoms with Crippen LogP contribution in [0.3, 0.4) is 0 Å². The first-order valence-electron chi connectivity index (χ1n) is 9.59. The van der Waals surface area contributed by atoms with Gasteiger partial charge in [0.25, 0.3) is 5.69 Å². The van der Waals surface area contributed by atoms with E-state index < -0.39 is 4.92 Å². The van der Waals surface area contributed by atoms with Crippen molar-refractivity contribution in [2.75, 3.05) is 18.4 Å². The zero-order valence-corrected chi connectivity index (χ0v) is 16.1. The van der Waals surface area contributed by atoms with Gasteiger partial charge in [0.2, 0.25) is 0 Å². The molecule has 1 atom stereocenters. The van der Waals surface area contributed by atoms with E-state index in [0.29, 0.717) is 34.9 Å². The fourth-order valence-corrected chi connectivity index (χ4v) is 3.79. The lowest BCUT2D eigenvalue weighted by atomic mass is 9.99. The van der Waals surface area contributed by atoms with Crippen molar-refractivity contribution in [2.45, 2.75) is 25.9 Å². The van der Waals surface area contributed by atoms with Crippen molar-refractivity contribution in [1.29, 1.82) is 5.26 Å². The molecule has 4 rings (SSSR count). The summed E-state index contributed by atoms with van der Waals surface area (Å²) in [7, 11) is 0. The van der Waals surface area contributed by atoms with Crippen molar-refractivity contribution in [3.8, 4) is 6.07 Å². The van der Waals surface area contributed by atoms with Gasteiger partial charge in [-0.2, -0.15) is 5.26 Å². The fraction of sp³-hybridized carbons (Fsp3) is 0.273. The van der Waals surface area contributed by atoms with Crippen molar-refractivity contribution in [1.82, 2.24) is 9.88 Å². The van der Waals surface area contributed by atoms with E-state index in [1.54, 1.807) is 12.1 Å². The van der Waals surface area contributed by atoms with Gasteiger partial charge in [-0.3, -0.25) is 15.0 Å². The largest absolute Gasteiger partial charge is 0.368 e. The van der Waals surface area contributed by atoms with Crippen molar-refractivity contribution >= 4 is 22.4 Å². The van der Waals surface area contributed by atoms with Crippen molar-refractivity contribution in [3.05, 3.63) is 75.3 Å². The molecule has 0 spiro atoms. The third-order valence-corrected chi connectivity index (χ3v) is 5.49. The highest BCUT2D eigenvalue weighted by Gasteiger charge is 2.20. The summed E-state index contributed by atoms with van der Waals surface area (Å²) in [5.74, 6) is 0.604. The number of benzene rings is 2. The lowest BCUT2D eigenvalue weighted by Gasteiger charge is -2.33. The maximum absolute atomic E-state index is 11.0. The van der Waals surface area contributed by atoms with Gasteiger partial charge >= 0.3 is 0 Å². The molecule has 1 N–H and O–H groups in total. The monoisotopic (exact) mass is 387 g/mol. The summed E-state index contributed by atoms with van der Waals surface area (Å²) in [6.45, 7) is 4.81. The van der Waals surface area contributed by atoms with E-state index >= 15 is 0 Å². The Morgan fingerprint density at radius 2 is 2.07 bits per heavy atom. The molecule has 0 fully saturated rings. The second-order valence-corrected chi connectivity index (χ2v) is 7.34. The number of non-ortho nitro benzene ring substituents is 1. The van der Waals surface area contributed by atoms with Crippen molar-refractivity contribution in [3.63, 3.8) is 0 Å². The number of fused-ring (bicyclic) bond motifs is 2. The number of anilines is 1. The van der Waals surface area contributed by atoms with Crippen LogP contribution in [0.25, 0.3) is 10.9 Å². The molecule has 1 aromatic heterocycles. The number of aromatic nitrogens is 1. The number of nitro benzene ring substituents is 1. The SMILES string of the molecule is CC(CNc1cc(C#N)c2cc([N+](=O)[O-])ccc2n1)N1CCc2ccccc2C1. The Labute approximate surface area is 168 Å². The van der Waals surface area contributed by atoms with E-state index in [9.17, 15) is 15.4 Å². The Bertz CT molecular complexity index is 1120. The molecule has 3 aromatic rings. The molecule has 1 aliphatic rings. The maximum Gasteiger partial charge on any atom is 0.270 e. The van der Waals surface area contributed by atoms with Crippen LogP contribution in [0.15, 0.2) is 48.5 Å². The van der Waals surface area contributed by atoms with Gasteiger partial charge in [0, 0.05) is 43.2 Å². The molecule has 7 heteroatoms. The number of nitriles is 1. The van der Waals surface area contributed by atoms with Crippen molar-refractivity contribution in [2.24, 2.45) is 0 Å². The smallest absolute Gasteiger partial charge is 0.270 e. The quantitative estimate of drug-likeness (QED) is 0.527. The predicted molar refractivity (Wildman–Crippen MR) is 112 cm³/mol. The first-order valence-corrected chi connectivity index (χ1v) is 9.59. The van der Waals surface area contributed by atoms with Crippen LogP contribution in [0.2, 0.25) is 0 Å². The number of nitrogens with one attached hydrogen (secondary N) is 1. The highest BCUT2D eigenvalue weighted by Crippen LogP contribution is 2.25. The van der Waals surface area contributed by atoms with E-state index in [-0.39, 0.29) is 5.69 Å². The second-order valence-electron chi connectivity index (χ2n) is 7.34. The van der Waals surface area contributed by atoms with E-state index in [1.165, 1.54) is 23.3 Å². The minimum absolute atomic E-state index is 0.0458. The van der Waals surface area contributed by atoms with Gasteiger partial charge in [-0.15, -0.1) is 0 Å². The highest BCUT2D eigenvalue weighted by molar-refractivity contribution is 5.88. The number of nitrogens with zero attached hydrogens (tertiary/aromatic N) is 4. The molecule has 0 aliphatic carbocycles. The summed E-state index contributed by atoms with van der Waals surface area (Å²) >= 11 is 0. The van der Waals surface area contributed by atoms with Crippen LogP contribution in [-0.2, 0) is 13.0 Å². The third kappa shape index (κ3) is 3.89. The maximum atomic E-state index is 11.0. The molecule has 2 heterocycles. The number of rotatable bonds is 5. The van der Waals surface area contributed by atoms with E-state index in [4.69, 9.17) is 0 Å². The highest BCUT2D eigenvalue weighted by atomic mass is 16.6. The molecular formula is C22H21N5O2. The molecule has 7 nitrogen and oxygen atoms in total. The summed E-state index contributed by atoms with van der Waals surface area (Å²) in [6.07, 6.45) is 1.05. The molecule has 1 unspecified atom stereocenters. The van der Waals surface area contributed by atoms with E-state index in [1.807, 2.05) is 0 Å². The lowest BCUT2D eigenvalue weighted by molar-refractivity contribution is -0.384. The second kappa shape index (κ2) is 7.86. The van der Waals surface area contributed by atoms with Gasteiger partial charge in [0.05, 0.1) is 22.1 Å². The van der Waals surface area contributed by atoms with Crippen LogP contribution in [-0.4, -0.2) is 33.9 Å².